The van der Waals surface area contributed by atoms with Gasteiger partial charge in [-0.05, 0) is 36.8 Å². The number of fused-ring (bicyclic) bond motifs is 1. The molecular weight excluding hydrogens is 311 g/mol. The molecule has 0 unspecified atom stereocenters. The van der Waals surface area contributed by atoms with Gasteiger partial charge in [-0.15, -0.1) is 0 Å². The number of nitrogens with one attached hydrogen (secondary N) is 1. The van der Waals surface area contributed by atoms with Crippen LogP contribution >= 0.6 is 23.8 Å². The number of hydrogen-bond donors (Lipinski definition) is 1. The van der Waals surface area contributed by atoms with E-state index in [1.54, 1.807) is 15.3 Å². The highest BCUT2D eigenvalue weighted by Crippen LogP contribution is 2.25. The summed E-state index contributed by atoms with van der Waals surface area (Å²) in [6.07, 6.45) is 1.86. The third kappa shape index (κ3) is 2.28. The van der Waals surface area contributed by atoms with Crippen LogP contribution in [0, 0.1) is 10.6 Å². The van der Waals surface area contributed by atoms with Crippen LogP contribution in [0.15, 0.2) is 18.2 Å². The van der Waals surface area contributed by atoms with Gasteiger partial charge in [-0.3, -0.25) is 4.57 Å². The standard InChI is InChI=1S/C14H14ClFN4S/c1-3-4-11-12-13(19(2)18-11)20(14(21)17-12)8-5-6-9(15)10(16)7-8/h5-7H,3-4H2,1-2H3,(H,17,21). The van der Waals surface area contributed by atoms with Gasteiger partial charge in [0, 0.05) is 7.05 Å². The first-order chi connectivity index (χ1) is 10.0. The van der Waals surface area contributed by atoms with Gasteiger partial charge in [-0.2, -0.15) is 5.10 Å². The highest BCUT2D eigenvalue weighted by atomic mass is 35.5. The number of aromatic nitrogens is 4. The molecule has 3 aromatic rings. The maximum Gasteiger partial charge on any atom is 0.184 e. The Morgan fingerprint density at radius 2 is 2.19 bits per heavy atom. The second kappa shape index (κ2) is 5.27. The highest BCUT2D eigenvalue weighted by Gasteiger charge is 2.16. The summed E-state index contributed by atoms with van der Waals surface area (Å²) in [6.45, 7) is 2.10. The van der Waals surface area contributed by atoms with Crippen molar-refractivity contribution in [2.24, 2.45) is 7.05 Å². The van der Waals surface area contributed by atoms with Gasteiger partial charge >= 0.3 is 0 Å². The number of imidazole rings is 1. The molecule has 7 heteroatoms. The summed E-state index contributed by atoms with van der Waals surface area (Å²) in [5.41, 5.74) is 3.32. The Kier molecular flexibility index (Phi) is 3.59. The molecule has 110 valence electrons. The topological polar surface area (TPSA) is 38.5 Å². The summed E-state index contributed by atoms with van der Waals surface area (Å²) in [5, 5.41) is 4.60. The van der Waals surface area contributed by atoms with Gasteiger partial charge in [0.2, 0.25) is 0 Å². The van der Waals surface area contributed by atoms with E-state index in [9.17, 15) is 4.39 Å². The molecule has 3 rings (SSSR count). The van der Waals surface area contributed by atoms with Gasteiger partial charge < -0.3 is 4.98 Å². The van der Waals surface area contributed by atoms with Crippen LogP contribution in [0.1, 0.15) is 19.0 Å². The Balaban J connectivity index is 2.29. The minimum atomic E-state index is -0.471. The third-order valence-corrected chi connectivity index (χ3v) is 3.98. The number of halogens is 2. The third-order valence-electron chi connectivity index (χ3n) is 3.38. The first-order valence-corrected chi connectivity index (χ1v) is 7.43. The van der Waals surface area contributed by atoms with E-state index >= 15 is 0 Å². The normalized spacial score (nSPS) is 11.4. The first-order valence-electron chi connectivity index (χ1n) is 6.65. The zero-order chi connectivity index (χ0) is 15.1. The molecule has 2 heterocycles. The lowest BCUT2D eigenvalue weighted by Crippen LogP contribution is -2.01. The molecule has 0 bridgehead atoms. The average Bonchev–Trinajstić information content (AvgIpc) is 2.92. The fourth-order valence-electron chi connectivity index (χ4n) is 2.49. The van der Waals surface area contributed by atoms with Crippen LogP contribution in [0.3, 0.4) is 0 Å². The van der Waals surface area contributed by atoms with E-state index in [-0.39, 0.29) is 5.02 Å². The fourth-order valence-corrected chi connectivity index (χ4v) is 2.90. The second-order valence-corrected chi connectivity index (χ2v) is 5.68. The summed E-state index contributed by atoms with van der Waals surface area (Å²) in [4.78, 5) is 3.17. The van der Waals surface area contributed by atoms with Crippen LogP contribution in [0.25, 0.3) is 16.9 Å². The number of hydrogen-bond acceptors (Lipinski definition) is 2. The predicted octanol–water partition coefficient (Wildman–Crippen LogP) is 4.17. The van der Waals surface area contributed by atoms with Crippen molar-refractivity contribution >= 4 is 35.0 Å². The molecule has 0 atom stereocenters. The van der Waals surface area contributed by atoms with Crippen molar-refractivity contribution in [3.63, 3.8) is 0 Å². The molecule has 0 saturated heterocycles. The van der Waals surface area contributed by atoms with Crippen molar-refractivity contribution in [3.8, 4) is 5.69 Å². The van der Waals surface area contributed by atoms with Crippen LogP contribution in [0.2, 0.25) is 5.02 Å². The highest BCUT2D eigenvalue weighted by molar-refractivity contribution is 7.71. The monoisotopic (exact) mass is 324 g/mol. The summed E-state index contributed by atoms with van der Waals surface area (Å²) in [7, 11) is 1.85. The number of nitrogens with zero attached hydrogens (tertiary/aromatic N) is 3. The van der Waals surface area contributed by atoms with Gasteiger partial charge in [0.15, 0.2) is 10.4 Å². The van der Waals surface area contributed by atoms with Crippen LogP contribution < -0.4 is 0 Å². The van der Waals surface area contributed by atoms with Gasteiger partial charge in [-0.25, -0.2) is 9.07 Å². The molecule has 21 heavy (non-hydrogen) atoms. The van der Waals surface area contributed by atoms with Crippen molar-refractivity contribution in [1.82, 2.24) is 19.3 Å². The molecule has 1 N–H and O–H groups in total. The lowest BCUT2D eigenvalue weighted by atomic mass is 10.2. The molecule has 0 saturated carbocycles. The summed E-state index contributed by atoms with van der Waals surface area (Å²) in [6, 6.07) is 4.63. The average molecular weight is 325 g/mol. The largest absolute Gasteiger partial charge is 0.327 e. The molecule has 0 spiro atoms. The zero-order valence-corrected chi connectivity index (χ0v) is 13.2. The smallest absolute Gasteiger partial charge is 0.184 e. The maximum atomic E-state index is 13.7. The number of H-pyrrole nitrogens is 1. The first kappa shape index (κ1) is 14.3. The van der Waals surface area contributed by atoms with Crippen LogP contribution in [0.5, 0.6) is 0 Å². The van der Waals surface area contributed by atoms with Crippen molar-refractivity contribution in [1.29, 1.82) is 0 Å². The van der Waals surface area contributed by atoms with E-state index in [1.165, 1.54) is 12.1 Å². The van der Waals surface area contributed by atoms with E-state index in [1.807, 2.05) is 7.05 Å². The van der Waals surface area contributed by atoms with Gasteiger partial charge in [0.25, 0.3) is 0 Å². The SMILES string of the molecule is CCCc1nn(C)c2c1[nH]c(=S)n2-c1ccc(Cl)c(F)c1. The zero-order valence-electron chi connectivity index (χ0n) is 11.7. The molecule has 4 nitrogen and oxygen atoms in total. The predicted molar refractivity (Wildman–Crippen MR) is 84.2 cm³/mol. The maximum absolute atomic E-state index is 13.7. The number of benzene rings is 1. The lowest BCUT2D eigenvalue weighted by molar-refractivity contribution is 0.627. The van der Waals surface area contributed by atoms with Crippen molar-refractivity contribution in [3.05, 3.63) is 39.5 Å². The molecule has 0 aliphatic rings. The second-order valence-electron chi connectivity index (χ2n) is 4.88. The summed E-state index contributed by atoms with van der Waals surface area (Å²) in [5.74, 6) is -0.471. The molecule has 0 radical (unpaired) electrons. The van der Waals surface area contributed by atoms with E-state index in [0.29, 0.717) is 10.5 Å². The quantitative estimate of drug-likeness (QED) is 0.734. The summed E-state index contributed by atoms with van der Waals surface area (Å²) < 4.78 is 17.8. The van der Waals surface area contributed by atoms with Gasteiger partial charge in [-0.1, -0.05) is 24.9 Å². The molecular formula is C14H14ClFN4S. The van der Waals surface area contributed by atoms with E-state index in [2.05, 4.69) is 17.0 Å². The molecule has 2 aromatic heterocycles. The Morgan fingerprint density at radius 3 is 2.86 bits per heavy atom. The van der Waals surface area contributed by atoms with E-state index in [4.69, 9.17) is 23.8 Å². The lowest BCUT2D eigenvalue weighted by Gasteiger charge is -2.05. The van der Waals surface area contributed by atoms with E-state index < -0.39 is 5.82 Å². The molecule has 0 fully saturated rings. The Hall–Kier alpha value is -1.66. The summed E-state index contributed by atoms with van der Waals surface area (Å²) >= 11 is 11.1. The van der Waals surface area contributed by atoms with E-state index in [0.717, 1.165) is 29.7 Å². The Morgan fingerprint density at radius 1 is 1.43 bits per heavy atom. The molecule has 0 amide bonds. The Bertz CT molecular complexity index is 877. The van der Waals surface area contributed by atoms with Crippen molar-refractivity contribution in [2.45, 2.75) is 19.8 Å². The minimum Gasteiger partial charge on any atom is -0.327 e. The van der Waals surface area contributed by atoms with Crippen molar-refractivity contribution in [2.75, 3.05) is 0 Å². The van der Waals surface area contributed by atoms with Crippen molar-refractivity contribution < 1.29 is 4.39 Å². The van der Waals surface area contributed by atoms with Crippen LogP contribution in [-0.4, -0.2) is 19.3 Å². The van der Waals surface area contributed by atoms with Crippen LogP contribution in [0.4, 0.5) is 4.39 Å². The fraction of sp³-hybridized carbons (Fsp3) is 0.286. The molecule has 0 aliphatic heterocycles. The molecule has 0 aliphatic carbocycles. The van der Waals surface area contributed by atoms with Gasteiger partial charge in [0.1, 0.15) is 11.3 Å². The number of aromatic amines is 1. The minimum absolute atomic E-state index is 0.0914. The Labute approximate surface area is 131 Å². The number of aryl methyl sites for hydroxylation is 2. The van der Waals surface area contributed by atoms with Crippen LogP contribution in [-0.2, 0) is 13.5 Å². The number of rotatable bonds is 3. The van der Waals surface area contributed by atoms with Gasteiger partial charge in [0.05, 0.1) is 16.4 Å². The molecule has 1 aromatic carbocycles.